The monoisotopic (exact) mass is 226 g/mol. The van der Waals surface area contributed by atoms with Gasteiger partial charge >= 0.3 is 5.97 Å². The van der Waals surface area contributed by atoms with Crippen LogP contribution in [0.4, 0.5) is 4.39 Å². The fourth-order valence-corrected chi connectivity index (χ4v) is 1.51. The Balaban J connectivity index is 3.00. The van der Waals surface area contributed by atoms with Crippen LogP contribution >= 0.6 is 0 Å². The number of carboxylic acid groups (broad SMARTS) is 1. The van der Waals surface area contributed by atoms with Crippen LogP contribution in [0.25, 0.3) is 0 Å². The zero-order valence-electron chi connectivity index (χ0n) is 9.33. The lowest BCUT2D eigenvalue weighted by Crippen LogP contribution is -2.10. The van der Waals surface area contributed by atoms with Crippen molar-refractivity contribution in [2.24, 2.45) is 0 Å². The van der Waals surface area contributed by atoms with Gasteiger partial charge < -0.3 is 10.2 Å². The number of halogens is 1. The van der Waals surface area contributed by atoms with Crippen molar-refractivity contribution in [2.75, 3.05) is 0 Å². The SMILES string of the molecule is CC(C)(F)c1cccc(CCC(=O)O)c1O. The van der Waals surface area contributed by atoms with E-state index in [4.69, 9.17) is 5.11 Å². The van der Waals surface area contributed by atoms with Crippen molar-refractivity contribution in [3.05, 3.63) is 29.3 Å². The number of carbonyl (C=O) groups is 1. The number of hydrogen-bond donors (Lipinski definition) is 2. The van der Waals surface area contributed by atoms with Gasteiger partial charge in [0.2, 0.25) is 0 Å². The Hall–Kier alpha value is -1.58. The molecule has 0 aliphatic rings. The van der Waals surface area contributed by atoms with Crippen molar-refractivity contribution in [1.82, 2.24) is 0 Å². The molecular formula is C12H15FO3. The van der Waals surface area contributed by atoms with Crippen molar-refractivity contribution in [3.63, 3.8) is 0 Å². The molecule has 0 spiro atoms. The largest absolute Gasteiger partial charge is 0.507 e. The number of phenolic OH excluding ortho intramolecular Hbond substituents is 1. The first-order valence-electron chi connectivity index (χ1n) is 5.04. The molecule has 0 aliphatic carbocycles. The standard InChI is InChI=1S/C12H15FO3/c1-12(2,13)9-5-3-4-8(11(9)16)6-7-10(14)15/h3-5,16H,6-7H2,1-2H3,(H,14,15). The second kappa shape index (κ2) is 4.51. The lowest BCUT2D eigenvalue weighted by molar-refractivity contribution is -0.136. The van der Waals surface area contributed by atoms with Gasteiger partial charge in [0.05, 0.1) is 0 Å². The number of alkyl halides is 1. The second-order valence-corrected chi connectivity index (χ2v) is 4.18. The highest BCUT2D eigenvalue weighted by Crippen LogP contribution is 2.34. The molecule has 1 rings (SSSR count). The number of aromatic hydroxyl groups is 1. The molecule has 16 heavy (non-hydrogen) atoms. The number of aliphatic carboxylic acids is 1. The molecule has 3 nitrogen and oxygen atoms in total. The van der Waals surface area contributed by atoms with E-state index < -0.39 is 11.6 Å². The van der Waals surface area contributed by atoms with Gasteiger partial charge in [0.15, 0.2) is 0 Å². The van der Waals surface area contributed by atoms with Crippen LogP contribution in [0.2, 0.25) is 0 Å². The van der Waals surface area contributed by atoms with Crippen LogP contribution in [0, 0.1) is 0 Å². The van der Waals surface area contributed by atoms with Crippen LogP contribution in [0.5, 0.6) is 5.75 Å². The number of hydrogen-bond acceptors (Lipinski definition) is 2. The van der Waals surface area contributed by atoms with Crippen molar-refractivity contribution >= 4 is 5.97 Å². The van der Waals surface area contributed by atoms with Gasteiger partial charge in [-0.2, -0.15) is 0 Å². The number of rotatable bonds is 4. The van der Waals surface area contributed by atoms with E-state index in [-0.39, 0.29) is 24.2 Å². The molecule has 1 aromatic carbocycles. The molecule has 0 saturated carbocycles. The highest BCUT2D eigenvalue weighted by molar-refractivity contribution is 5.67. The third kappa shape index (κ3) is 2.95. The number of carboxylic acids is 1. The average Bonchev–Trinajstić information content (AvgIpc) is 2.14. The maximum atomic E-state index is 13.7. The minimum absolute atomic E-state index is 0.0796. The number of para-hydroxylation sites is 1. The van der Waals surface area contributed by atoms with E-state index in [0.29, 0.717) is 5.56 Å². The molecule has 2 N–H and O–H groups in total. The summed E-state index contributed by atoms with van der Waals surface area (Å²) >= 11 is 0. The molecule has 0 atom stereocenters. The molecular weight excluding hydrogens is 211 g/mol. The minimum Gasteiger partial charge on any atom is -0.507 e. The van der Waals surface area contributed by atoms with E-state index in [1.807, 2.05) is 0 Å². The average molecular weight is 226 g/mol. The summed E-state index contributed by atoms with van der Waals surface area (Å²) in [5.41, 5.74) is -0.982. The van der Waals surface area contributed by atoms with Crippen molar-refractivity contribution < 1.29 is 19.4 Å². The summed E-state index contributed by atoms with van der Waals surface area (Å²) in [6.07, 6.45) is 0.120. The van der Waals surface area contributed by atoms with Gasteiger partial charge in [0.25, 0.3) is 0 Å². The Bertz CT molecular complexity index is 394. The number of aryl methyl sites for hydroxylation is 1. The van der Waals surface area contributed by atoms with Crippen molar-refractivity contribution in [1.29, 1.82) is 0 Å². The number of benzene rings is 1. The Kier molecular flexibility index (Phi) is 3.52. The van der Waals surface area contributed by atoms with Gasteiger partial charge in [-0.05, 0) is 25.8 Å². The van der Waals surface area contributed by atoms with E-state index >= 15 is 0 Å². The van der Waals surface area contributed by atoms with Gasteiger partial charge in [-0.1, -0.05) is 18.2 Å². The van der Waals surface area contributed by atoms with Crippen LogP contribution in [0.15, 0.2) is 18.2 Å². The molecule has 0 saturated heterocycles. The maximum Gasteiger partial charge on any atom is 0.303 e. The molecule has 0 radical (unpaired) electrons. The zero-order chi connectivity index (χ0) is 12.3. The smallest absolute Gasteiger partial charge is 0.303 e. The third-order valence-electron chi connectivity index (χ3n) is 2.37. The van der Waals surface area contributed by atoms with Crippen LogP contribution in [-0.4, -0.2) is 16.2 Å². The van der Waals surface area contributed by atoms with Gasteiger partial charge in [-0.3, -0.25) is 4.79 Å². The fraction of sp³-hybridized carbons (Fsp3) is 0.417. The highest BCUT2D eigenvalue weighted by Gasteiger charge is 2.23. The van der Waals surface area contributed by atoms with Gasteiger partial charge in [0.1, 0.15) is 11.4 Å². The third-order valence-corrected chi connectivity index (χ3v) is 2.37. The van der Waals surface area contributed by atoms with Crippen LogP contribution in [0.3, 0.4) is 0 Å². The zero-order valence-corrected chi connectivity index (χ0v) is 9.33. The fourth-order valence-electron chi connectivity index (χ4n) is 1.51. The van der Waals surface area contributed by atoms with Crippen molar-refractivity contribution in [3.8, 4) is 5.75 Å². The molecule has 0 aliphatic heterocycles. The second-order valence-electron chi connectivity index (χ2n) is 4.18. The molecule has 4 heteroatoms. The molecule has 88 valence electrons. The van der Waals surface area contributed by atoms with Crippen LogP contribution in [0.1, 0.15) is 31.4 Å². The summed E-state index contributed by atoms with van der Waals surface area (Å²) in [5, 5.41) is 18.3. The van der Waals surface area contributed by atoms with Gasteiger partial charge in [-0.25, -0.2) is 4.39 Å². The first-order chi connectivity index (χ1) is 7.32. The highest BCUT2D eigenvalue weighted by atomic mass is 19.1. The molecule has 0 fully saturated rings. The Labute approximate surface area is 93.5 Å². The predicted molar refractivity (Wildman–Crippen MR) is 58.2 cm³/mol. The van der Waals surface area contributed by atoms with Crippen LogP contribution in [-0.2, 0) is 16.9 Å². The predicted octanol–water partition coefficient (Wildman–Crippen LogP) is 2.61. The first kappa shape index (κ1) is 12.5. The number of phenols is 1. The van der Waals surface area contributed by atoms with E-state index in [2.05, 4.69) is 0 Å². The summed E-state index contributed by atoms with van der Waals surface area (Å²) < 4.78 is 13.7. The summed E-state index contributed by atoms with van der Waals surface area (Å²) in [6, 6.07) is 4.72. The Morgan fingerprint density at radius 2 is 2.06 bits per heavy atom. The summed E-state index contributed by atoms with van der Waals surface area (Å²) in [6.45, 7) is 2.70. The quantitative estimate of drug-likeness (QED) is 0.829. The molecule has 1 aromatic rings. The summed E-state index contributed by atoms with van der Waals surface area (Å²) in [5.74, 6) is -1.08. The molecule has 0 bridgehead atoms. The Morgan fingerprint density at radius 1 is 1.44 bits per heavy atom. The van der Waals surface area contributed by atoms with E-state index in [1.165, 1.54) is 19.9 Å². The first-order valence-corrected chi connectivity index (χ1v) is 5.04. The Morgan fingerprint density at radius 3 is 2.56 bits per heavy atom. The normalized spacial score (nSPS) is 11.4. The molecule has 0 unspecified atom stereocenters. The molecule has 0 amide bonds. The molecule has 0 heterocycles. The lowest BCUT2D eigenvalue weighted by atomic mass is 9.95. The van der Waals surface area contributed by atoms with Gasteiger partial charge in [-0.15, -0.1) is 0 Å². The topological polar surface area (TPSA) is 57.5 Å². The van der Waals surface area contributed by atoms with Crippen molar-refractivity contribution in [2.45, 2.75) is 32.4 Å². The lowest BCUT2D eigenvalue weighted by Gasteiger charge is -2.18. The van der Waals surface area contributed by atoms with E-state index in [9.17, 15) is 14.3 Å². The maximum absolute atomic E-state index is 13.7. The van der Waals surface area contributed by atoms with E-state index in [1.54, 1.807) is 12.1 Å². The minimum atomic E-state index is -1.64. The summed E-state index contributed by atoms with van der Waals surface area (Å²) in [7, 11) is 0. The van der Waals surface area contributed by atoms with Crippen LogP contribution < -0.4 is 0 Å². The van der Waals surface area contributed by atoms with Gasteiger partial charge in [0, 0.05) is 12.0 Å². The van der Waals surface area contributed by atoms with E-state index in [0.717, 1.165) is 0 Å². The molecule has 0 aromatic heterocycles. The summed E-state index contributed by atoms with van der Waals surface area (Å²) in [4.78, 5) is 10.4.